The highest BCUT2D eigenvalue weighted by Gasteiger charge is 2.21. The minimum Gasteiger partial charge on any atom is -0.496 e. The molecule has 0 saturated heterocycles. The third kappa shape index (κ3) is 6.74. The summed E-state index contributed by atoms with van der Waals surface area (Å²) in [6.45, 7) is 4.00. The lowest BCUT2D eigenvalue weighted by molar-refractivity contribution is -0.384. The van der Waals surface area contributed by atoms with Crippen molar-refractivity contribution < 1.29 is 28.7 Å². The van der Waals surface area contributed by atoms with E-state index < -0.39 is 16.8 Å². The van der Waals surface area contributed by atoms with E-state index in [0.29, 0.717) is 27.6 Å². The van der Waals surface area contributed by atoms with Crippen molar-refractivity contribution >= 4 is 40.0 Å². The van der Waals surface area contributed by atoms with Crippen LogP contribution >= 0.6 is 11.3 Å². The first-order chi connectivity index (χ1) is 18.2. The number of thiophene rings is 1. The molecule has 3 rings (SSSR count). The molecule has 0 radical (unpaired) electrons. The van der Waals surface area contributed by atoms with Crippen molar-refractivity contribution in [2.24, 2.45) is 0 Å². The Bertz CT molecular complexity index is 1420. The summed E-state index contributed by atoms with van der Waals surface area (Å²) in [5.74, 6) is -0.178. The van der Waals surface area contributed by atoms with Gasteiger partial charge in [0.1, 0.15) is 34.7 Å². The summed E-state index contributed by atoms with van der Waals surface area (Å²) in [4.78, 5) is 36.4. The molecule has 0 aliphatic carbocycles. The molecule has 0 bridgehead atoms. The van der Waals surface area contributed by atoms with Crippen molar-refractivity contribution in [2.45, 2.75) is 26.4 Å². The van der Waals surface area contributed by atoms with Crippen LogP contribution in [0.1, 0.15) is 46.1 Å². The fourth-order valence-electron chi connectivity index (χ4n) is 3.36. The van der Waals surface area contributed by atoms with E-state index in [-0.39, 0.29) is 29.3 Å². The molecule has 0 saturated carbocycles. The standard InChI is InChI=1S/C27H25N3O7S/c1-16(2)24-13-22(27(32)36-4)26(38-24)29-25(31)18(14-28)11-17-5-10-23(35-3)19(12-17)15-37-21-8-6-20(7-9-21)30(33)34/h5-13,16H,15H2,1-4H3,(H,29,31). The van der Waals surface area contributed by atoms with Crippen LogP contribution in [-0.2, 0) is 16.1 Å². The minimum atomic E-state index is -0.672. The van der Waals surface area contributed by atoms with E-state index in [1.807, 2.05) is 19.9 Å². The average molecular weight is 536 g/mol. The fraction of sp³-hybridized carbons (Fsp3) is 0.222. The summed E-state index contributed by atoms with van der Waals surface area (Å²) < 4.78 is 16.0. The molecule has 38 heavy (non-hydrogen) atoms. The Hall–Kier alpha value is -4.69. The van der Waals surface area contributed by atoms with Gasteiger partial charge >= 0.3 is 5.97 Å². The number of nitro benzene ring substituents is 1. The van der Waals surface area contributed by atoms with E-state index in [1.165, 1.54) is 55.9 Å². The second kappa shape index (κ2) is 12.5. The number of ether oxygens (including phenoxy) is 3. The Morgan fingerprint density at radius 3 is 2.45 bits per heavy atom. The molecule has 1 aromatic heterocycles. The van der Waals surface area contributed by atoms with Gasteiger partial charge in [0, 0.05) is 22.6 Å². The quantitative estimate of drug-likeness (QED) is 0.115. The minimum absolute atomic E-state index is 0.0499. The average Bonchev–Trinajstić information content (AvgIpc) is 3.34. The topological polar surface area (TPSA) is 141 Å². The number of carbonyl (C=O) groups is 2. The van der Waals surface area contributed by atoms with Gasteiger partial charge in [-0.3, -0.25) is 14.9 Å². The normalized spacial score (nSPS) is 11.0. The molecule has 1 N–H and O–H groups in total. The maximum atomic E-state index is 12.9. The zero-order valence-corrected chi connectivity index (χ0v) is 22.0. The van der Waals surface area contributed by atoms with Crippen LogP contribution < -0.4 is 14.8 Å². The molecular weight excluding hydrogens is 510 g/mol. The predicted molar refractivity (Wildman–Crippen MR) is 142 cm³/mol. The number of rotatable bonds is 10. The highest BCUT2D eigenvalue weighted by Crippen LogP contribution is 2.34. The van der Waals surface area contributed by atoms with E-state index >= 15 is 0 Å². The molecule has 0 spiro atoms. The van der Waals surface area contributed by atoms with Crippen LogP contribution in [0.2, 0.25) is 0 Å². The molecule has 2 aromatic carbocycles. The number of methoxy groups -OCH3 is 2. The van der Waals surface area contributed by atoms with Crippen LogP contribution in [0.15, 0.2) is 54.1 Å². The lowest BCUT2D eigenvalue weighted by Crippen LogP contribution is -2.15. The van der Waals surface area contributed by atoms with E-state index in [4.69, 9.17) is 14.2 Å². The molecule has 0 aliphatic rings. The van der Waals surface area contributed by atoms with E-state index in [2.05, 4.69) is 5.32 Å². The number of esters is 1. The highest BCUT2D eigenvalue weighted by atomic mass is 32.1. The maximum Gasteiger partial charge on any atom is 0.340 e. The first-order valence-corrected chi connectivity index (χ1v) is 12.2. The number of nitriles is 1. The molecule has 0 unspecified atom stereocenters. The predicted octanol–water partition coefficient (Wildman–Crippen LogP) is 5.70. The zero-order chi connectivity index (χ0) is 27.8. The number of anilines is 1. The first kappa shape index (κ1) is 27.9. The van der Waals surface area contributed by atoms with E-state index in [0.717, 1.165) is 4.88 Å². The van der Waals surface area contributed by atoms with Crippen LogP contribution in [0.4, 0.5) is 10.7 Å². The number of hydrogen-bond acceptors (Lipinski definition) is 9. The van der Waals surface area contributed by atoms with Gasteiger partial charge in [-0.2, -0.15) is 5.26 Å². The number of hydrogen-bond donors (Lipinski definition) is 1. The van der Waals surface area contributed by atoms with Gasteiger partial charge in [0.2, 0.25) is 0 Å². The molecule has 10 nitrogen and oxygen atoms in total. The number of amides is 1. The van der Waals surface area contributed by atoms with Gasteiger partial charge in [-0.05, 0) is 47.9 Å². The number of nitrogens with zero attached hydrogens (tertiary/aromatic N) is 2. The van der Waals surface area contributed by atoms with Crippen LogP contribution in [0.25, 0.3) is 6.08 Å². The van der Waals surface area contributed by atoms with Crippen LogP contribution in [0.3, 0.4) is 0 Å². The molecule has 0 aliphatic heterocycles. The number of benzene rings is 2. The number of non-ortho nitro benzene ring substituents is 1. The summed E-state index contributed by atoms with van der Waals surface area (Å²) in [6, 6.07) is 14.3. The Labute approximate surface area is 223 Å². The summed E-state index contributed by atoms with van der Waals surface area (Å²) in [5.41, 5.74) is 1.17. The van der Waals surface area contributed by atoms with Gasteiger partial charge in [-0.15, -0.1) is 11.3 Å². The van der Waals surface area contributed by atoms with Gasteiger partial charge in [-0.1, -0.05) is 19.9 Å². The third-order valence-electron chi connectivity index (χ3n) is 5.37. The molecule has 3 aromatic rings. The Kier molecular flexibility index (Phi) is 9.18. The highest BCUT2D eigenvalue weighted by molar-refractivity contribution is 7.16. The van der Waals surface area contributed by atoms with E-state index in [9.17, 15) is 25.0 Å². The van der Waals surface area contributed by atoms with Gasteiger partial charge in [-0.25, -0.2) is 4.79 Å². The van der Waals surface area contributed by atoms with Gasteiger partial charge in [0.25, 0.3) is 11.6 Å². The van der Waals surface area contributed by atoms with Gasteiger partial charge in [0.05, 0.1) is 24.7 Å². The molecule has 1 heterocycles. The van der Waals surface area contributed by atoms with Gasteiger partial charge in [0.15, 0.2) is 0 Å². The summed E-state index contributed by atoms with van der Waals surface area (Å²) in [7, 11) is 2.76. The van der Waals surface area contributed by atoms with Crippen molar-refractivity contribution in [3.63, 3.8) is 0 Å². The largest absolute Gasteiger partial charge is 0.496 e. The molecule has 0 atom stereocenters. The fourth-order valence-corrected chi connectivity index (χ4v) is 4.41. The van der Waals surface area contributed by atoms with Crippen molar-refractivity contribution in [1.29, 1.82) is 5.26 Å². The van der Waals surface area contributed by atoms with Crippen LogP contribution in [-0.4, -0.2) is 31.0 Å². The summed E-state index contributed by atoms with van der Waals surface area (Å²) in [5, 5.41) is 23.5. The van der Waals surface area contributed by atoms with Crippen molar-refractivity contribution in [1.82, 2.24) is 0 Å². The van der Waals surface area contributed by atoms with Crippen LogP contribution in [0, 0.1) is 21.4 Å². The second-order valence-electron chi connectivity index (χ2n) is 8.27. The monoisotopic (exact) mass is 535 g/mol. The lowest BCUT2D eigenvalue weighted by Gasteiger charge is -2.11. The van der Waals surface area contributed by atoms with Gasteiger partial charge < -0.3 is 19.5 Å². The number of carbonyl (C=O) groups excluding carboxylic acids is 2. The molecular formula is C27H25N3O7S. The number of nitrogens with one attached hydrogen (secondary N) is 1. The molecule has 0 fully saturated rings. The Balaban J connectivity index is 1.82. The second-order valence-corrected chi connectivity index (χ2v) is 9.36. The van der Waals surface area contributed by atoms with Crippen molar-refractivity contribution in [3.8, 4) is 17.6 Å². The smallest absolute Gasteiger partial charge is 0.340 e. The molecule has 1 amide bonds. The Morgan fingerprint density at radius 2 is 1.87 bits per heavy atom. The first-order valence-electron chi connectivity index (χ1n) is 11.4. The number of nitro groups is 1. The lowest BCUT2D eigenvalue weighted by atomic mass is 10.1. The van der Waals surface area contributed by atoms with E-state index in [1.54, 1.807) is 24.3 Å². The Morgan fingerprint density at radius 1 is 1.16 bits per heavy atom. The summed E-state index contributed by atoms with van der Waals surface area (Å²) >= 11 is 1.25. The molecule has 196 valence electrons. The van der Waals surface area contributed by atoms with Crippen LogP contribution in [0.5, 0.6) is 11.5 Å². The maximum absolute atomic E-state index is 12.9. The third-order valence-corrected chi connectivity index (χ3v) is 6.73. The molecule has 11 heteroatoms. The van der Waals surface area contributed by atoms with Crippen molar-refractivity contribution in [3.05, 3.63) is 85.8 Å². The zero-order valence-electron chi connectivity index (χ0n) is 21.1. The summed E-state index contributed by atoms with van der Waals surface area (Å²) in [6.07, 6.45) is 1.42. The SMILES string of the molecule is COC(=O)c1cc(C(C)C)sc1NC(=O)C(C#N)=Cc1ccc(OC)c(COc2ccc([N+](=O)[O-])cc2)c1. The van der Waals surface area contributed by atoms with Crippen molar-refractivity contribution in [2.75, 3.05) is 19.5 Å².